The maximum atomic E-state index is 5.49. The monoisotopic (exact) mass is 410 g/mol. The van der Waals surface area contributed by atoms with E-state index in [4.69, 9.17) is 14.5 Å². The van der Waals surface area contributed by atoms with Gasteiger partial charge in [-0.25, -0.2) is 15.0 Å². The number of methoxy groups -OCH3 is 2. The summed E-state index contributed by atoms with van der Waals surface area (Å²) < 4.78 is 10.7. The van der Waals surface area contributed by atoms with Gasteiger partial charge >= 0.3 is 0 Å². The Morgan fingerprint density at radius 3 is 2.66 bits per heavy atom. The Bertz CT molecular complexity index is 967. The van der Waals surface area contributed by atoms with Crippen LogP contribution >= 0.6 is 11.3 Å². The summed E-state index contributed by atoms with van der Waals surface area (Å²) in [6.07, 6.45) is 2.14. The minimum absolute atomic E-state index is 0.440. The van der Waals surface area contributed by atoms with Gasteiger partial charge in [0.15, 0.2) is 5.82 Å². The first-order chi connectivity index (χ1) is 14.2. The first-order valence-electron chi connectivity index (χ1n) is 9.85. The number of anilines is 1. The van der Waals surface area contributed by atoms with Crippen molar-refractivity contribution in [3.63, 3.8) is 0 Å². The van der Waals surface area contributed by atoms with Crippen molar-refractivity contribution >= 4 is 17.2 Å². The quantitative estimate of drug-likeness (QED) is 0.598. The van der Waals surface area contributed by atoms with Gasteiger partial charge in [0.2, 0.25) is 0 Å². The van der Waals surface area contributed by atoms with Gasteiger partial charge in [0, 0.05) is 48.8 Å². The summed E-state index contributed by atoms with van der Waals surface area (Å²) in [5.74, 6) is 3.09. The molecule has 152 valence electrons. The van der Waals surface area contributed by atoms with Gasteiger partial charge in [-0.1, -0.05) is 12.1 Å². The third-order valence-electron chi connectivity index (χ3n) is 5.23. The SMILES string of the molecule is COCc1nc(C)cc(N2CCC(c3nc(-c4ccccc4OC)cs3)CC2)n1. The highest BCUT2D eigenvalue weighted by Crippen LogP contribution is 2.36. The summed E-state index contributed by atoms with van der Waals surface area (Å²) in [5, 5.41) is 3.36. The summed E-state index contributed by atoms with van der Waals surface area (Å²) >= 11 is 1.75. The molecule has 7 heteroatoms. The molecule has 3 heterocycles. The lowest BCUT2D eigenvalue weighted by Gasteiger charge is -2.32. The van der Waals surface area contributed by atoms with Crippen LogP contribution in [0.2, 0.25) is 0 Å². The number of ether oxygens (including phenoxy) is 2. The molecule has 0 radical (unpaired) electrons. The molecule has 0 saturated carbocycles. The molecule has 0 amide bonds. The van der Waals surface area contributed by atoms with Crippen molar-refractivity contribution in [2.45, 2.75) is 32.3 Å². The molecule has 0 aliphatic carbocycles. The van der Waals surface area contributed by atoms with Crippen molar-refractivity contribution in [3.8, 4) is 17.0 Å². The predicted molar refractivity (Wildman–Crippen MR) is 116 cm³/mol. The number of rotatable bonds is 6. The molecule has 0 atom stereocenters. The number of para-hydroxylation sites is 1. The van der Waals surface area contributed by atoms with Crippen LogP contribution in [0.25, 0.3) is 11.3 Å². The smallest absolute Gasteiger partial charge is 0.156 e. The number of benzene rings is 1. The van der Waals surface area contributed by atoms with Gasteiger partial charge in [-0.15, -0.1) is 11.3 Å². The van der Waals surface area contributed by atoms with Crippen molar-refractivity contribution in [3.05, 3.63) is 52.2 Å². The number of hydrogen-bond donors (Lipinski definition) is 0. The zero-order valence-electron chi connectivity index (χ0n) is 17.1. The van der Waals surface area contributed by atoms with E-state index in [0.29, 0.717) is 12.5 Å². The molecule has 1 fully saturated rings. The predicted octanol–water partition coefficient (Wildman–Crippen LogP) is 4.45. The Hall–Kier alpha value is -2.51. The van der Waals surface area contributed by atoms with Gasteiger partial charge in [0.05, 0.1) is 17.8 Å². The summed E-state index contributed by atoms with van der Waals surface area (Å²) in [4.78, 5) is 16.4. The first kappa shape index (κ1) is 19.8. The summed E-state index contributed by atoms with van der Waals surface area (Å²) in [6, 6.07) is 10.1. The highest BCUT2D eigenvalue weighted by molar-refractivity contribution is 7.10. The molecule has 4 rings (SSSR count). The number of aryl methyl sites for hydroxylation is 1. The molecule has 1 aliphatic heterocycles. The van der Waals surface area contributed by atoms with Gasteiger partial charge in [-0.3, -0.25) is 0 Å². The Morgan fingerprint density at radius 1 is 1.10 bits per heavy atom. The van der Waals surface area contributed by atoms with E-state index in [0.717, 1.165) is 60.3 Å². The Balaban J connectivity index is 1.45. The fraction of sp³-hybridized carbons (Fsp3) is 0.409. The fourth-order valence-electron chi connectivity index (χ4n) is 3.78. The van der Waals surface area contributed by atoms with E-state index in [-0.39, 0.29) is 0 Å². The largest absolute Gasteiger partial charge is 0.496 e. The standard InChI is InChI=1S/C22H26N4O2S/c1-15-12-21(25-20(23-15)13-27-2)26-10-8-16(9-11-26)22-24-18(14-29-22)17-6-4-5-7-19(17)28-3/h4-7,12,14,16H,8-11,13H2,1-3H3. The summed E-state index contributed by atoms with van der Waals surface area (Å²) in [5.41, 5.74) is 3.03. The molecule has 1 aliphatic rings. The zero-order chi connectivity index (χ0) is 20.2. The fourth-order valence-corrected chi connectivity index (χ4v) is 4.77. The molecule has 0 spiro atoms. The highest BCUT2D eigenvalue weighted by atomic mass is 32.1. The Kier molecular flexibility index (Phi) is 6.06. The second-order valence-corrected chi connectivity index (χ2v) is 8.14. The first-order valence-corrected chi connectivity index (χ1v) is 10.7. The highest BCUT2D eigenvalue weighted by Gasteiger charge is 2.24. The van der Waals surface area contributed by atoms with E-state index in [1.165, 1.54) is 5.01 Å². The van der Waals surface area contributed by atoms with Crippen LogP contribution in [-0.2, 0) is 11.3 Å². The van der Waals surface area contributed by atoms with E-state index in [9.17, 15) is 0 Å². The number of nitrogens with zero attached hydrogens (tertiary/aromatic N) is 4. The van der Waals surface area contributed by atoms with Crippen molar-refractivity contribution in [2.75, 3.05) is 32.2 Å². The number of aromatic nitrogens is 3. The Morgan fingerprint density at radius 2 is 1.90 bits per heavy atom. The van der Waals surface area contributed by atoms with Crippen LogP contribution in [0.1, 0.15) is 35.3 Å². The third-order valence-corrected chi connectivity index (χ3v) is 6.24. The van der Waals surface area contributed by atoms with Crippen LogP contribution in [0.5, 0.6) is 5.75 Å². The molecular weight excluding hydrogens is 384 g/mol. The van der Waals surface area contributed by atoms with Crippen LogP contribution in [0.4, 0.5) is 5.82 Å². The lowest BCUT2D eigenvalue weighted by Crippen LogP contribution is -2.33. The van der Waals surface area contributed by atoms with Gasteiger partial charge in [0.25, 0.3) is 0 Å². The molecule has 2 aromatic heterocycles. The number of piperidine rings is 1. The second-order valence-electron chi connectivity index (χ2n) is 7.25. The number of hydrogen-bond acceptors (Lipinski definition) is 7. The molecule has 1 aromatic carbocycles. The van der Waals surface area contributed by atoms with Gasteiger partial charge in [-0.05, 0) is 31.9 Å². The molecular formula is C22H26N4O2S. The molecule has 6 nitrogen and oxygen atoms in total. The minimum atomic E-state index is 0.440. The summed E-state index contributed by atoms with van der Waals surface area (Å²) in [7, 11) is 3.37. The maximum Gasteiger partial charge on any atom is 0.156 e. The normalized spacial score (nSPS) is 14.9. The summed E-state index contributed by atoms with van der Waals surface area (Å²) in [6.45, 7) is 4.39. The molecule has 1 saturated heterocycles. The maximum absolute atomic E-state index is 5.49. The van der Waals surface area contributed by atoms with Crippen LogP contribution in [0.3, 0.4) is 0 Å². The van der Waals surface area contributed by atoms with Gasteiger partial charge in [-0.2, -0.15) is 0 Å². The minimum Gasteiger partial charge on any atom is -0.496 e. The molecule has 29 heavy (non-hydrogen) atoms. The average Bonchev–Trinajstić information content (AvgIpc) is 3.24. The van der Waals surface area contributed by atoms with Crippen LogP contribution in [0, 0.1) is 6.92 Å². The average molecular weight is 411 g/mol. The van der Waals surface area contributed by atoms with Crippen molar-refractivity contribution in [1.29, 1.82) is 0 Å². The lowest BCUT2D eigenvalue weighted by atomic mass is 9.97. The van der Waals surface area contributed by atoms with E-state index >= 15 is 0 Å². The molecule has 0 unspecified atom stereocenters. The van der Waals surface area contributed by atoms with Crippen LogP contribution in [0.15, 0.2) is 35.7 Å². The molecule has 0 N–H and O–H groups in total. The third kappa shape index (κ3) is 4.41. The topological polar surface area (TPSA) is 60.4 Å². The van der Waals surface area contributed by atoms with E-state index < -0.39 is 0 Å². The van der Waals surface area contributed by atoms with Gasteiger partial charge in [0.1, 0.15) is 18.2 Å². The lowest BCUT2D eigenvalue weighted by molar-refractivity contribution is 0.177. The Labute approximate surface area is 175 Å². The van der Waals surface area contributed by atoms with E-state index in [2.05, 4.69) is 32.4 Å². The van der Waals surface area contributed by atoms with E-state index in [1.54, 1.807) is 25.6 Å². The van der Waals surface area contributed by atoms with Crippen LogP contribution < -0.4 is 9.64 Å². The molecule has 0 bridgehead atoms. The zero-order valence-corrected chi connectivity index (χ0v) is 17.9. The van der Waals surface area contributed by atoms with Crippen LogP contribution in [-0.4, -0.2) is 42.3 Å². The van der Waals surface area contributed by atoms with Crippen molar-refractivity contribution in [1.82, 2.24) is 15.0 Å². The molecule has 3 aromatic rings. The van der Waals surface area contributed by atoms with Crippen molar-refractivity contribution < 1.29 is 9.47 Å². The van der Waals surface area contributed by atoms with E-state index in [1.807, 2.05) is 25.1 Å². The second kappa shape index (κ2) is 8.88. The number of thiazole rings is 1. The van der Waals surface area contributed by atoms with Crippen molar-refractivity contribution in [2.24, 2.45) is 0 Å². The van der Waals surface area contributed by atoms with Gasteiger partial charge < -0.3 is 14.4 Å².